The highest BCUT2D eigenvalue weighted by Crippen LogP contribution is 2.20. The molecule has 18 heavy (non-hydrogen) atoms. The predicted molar refractivity (Wildman–Crippen MR) is 67.4 cm³/mol. The first kappa shape index (κ1) is 12.8. The number of hydrogen-bond acceptors (Lipinski definition) is 3. The maximum Gasteiger partial charge on any atom is 0.321 e. The lowest BCUT2D eigenvalue weighted by molar-refractivity contribution is -0.142. The van der Waals surface area contributed by atoms with E-state index < -0.39 is 12.0 Å². The summed E-state index contributed by atoms with van der Waals surface area (Å²) in [5, 5.41) is 9.10. The quantitative estimate of drug-likeness (QED) is 0.880. The molecule has 1 fully saturated rings. The number of carboxylic acid groups (broad SMARTS) is 1. The van der Waals surface area contributed by atoms with E-state index in [9.17, 15) is 9.59 Å². The van der Waals surface area contributed by atoms with Gasteiger partial charge in [0.2, 0.25) is 0 Å². The zero-order valence-corrected chi connectivity index (χ0v) is 10.6. The molecule has 1 aliphatic rings. The van der Waals surface area contributed by atoms with Crippen LogP contribution in [0.1, 0.15) is 23.1 Å². The second kappa shape index (κ2) is 4.90. The summed E-state index contributed by atoms with van der Waals surface area (Å²) in [7, 11) is 0. The predicted octanol–water partition coefficient (Wildman–Crippen LogP) is 1.53. The van der Waals surface area contributed by atoms with Crippen molar-refractivity contribution in [3.8, 4) is 0 Å². The van der Waals surface area contributed by atoms with E-state index in [0.29, 0.717) is 6.54 Å². The standard InChI is InChI=1S/C14H17NO3/c1-9-3-4-11(10(2)5-9)7-15-8-12(16)6-13(15)14(17)18/h3-5,13H,6-8H2,1-2H3,(H,17,18). The largest absolute Gasteiger partial charge is 0.480 e. The number of carbonyl (C=O) groups is 2. The van der Waals surface area contributed by atoms with Gasteiger partial charge < -0.3 is 5.11 Å². The van der Waals surface area contributed by atoms with Crippen LogP contribution in [0.15, 0.2) is 18.2 Å². The Labute approximate surface area is 106 Å². The van der Waals surface area contributed by atoms with Crippen LogP contribution in [0.25, 0.3) is 0 Å². The van der Waals surface area contributed by atoms with E-state index in [1.807, 2.05) is 26.0 Å². The van der Waals surface area contributed by atoms with Crippen molar-refractivity contribution in [2.24, 2.45) is 0 Å². The Morgan fingerprint density at radius 1 is 1.44 bits per heavy atom. The Morgan fingerprint density at radius 3 is 2.78 bits per heavy atom. The molecular weight excluding hydrogens is 230 g/mol. The van der Waals surface area contributed by atoms with Gasteiger partial charge in [-0.05, 0) is 25.0 Å². The zero-order chi connectivity index (χ0) is 13.3. The lowest BCUT2D eigenvalue weighted by atomic mass is 10.1. The van der Waals surface area contributed by atoms with Crippen molar-refractivity contribution in [3.05, 3.63) is 34.9 Å². The fourth-order valence-corrected chi connectivity index (χ4v) is 2.40. The van der Waals surface area contributed by atoms with Crippen LogP contribution in [0.2, 0.25) is 0 Å². The Morgan fingerprint density at radius 2 is 2.17 bits per heavy atom. The van der Waals surface area contributed by atoms with Crippen LogP contribution in [-0.2, 0) is 16.1 Å². The molecule has 1 saturated heterocycles. The highest BCUT2D eigenvalue weighted by molar-refractivity contribution is 5.90. The molecule has 1 aromatic carbocycles. The Bertz CT molecular complexity index is 496. The smallest absolute Gasteiger partial charge is 0.321 e. The van der Waals surface area contributed by atoms with Gasteiger partial charge in [0.15, 0.2) is 0 Å². The summed E-state index contributed by atoms with van der Waals surface area (Å²) in [5.41, 5.74) is 3.41. The monoisotopic (exact) mass is 247 g/mol. The van der Waals surface area contributed by atoms with E-state index in [2.05, 4.69) is 6.07 Å². The number of carboxylic acids is 1. The summed E-state index contributed by atoms with van der Waals surface area (Å²) in [6.07, 6.45) is 0.125. The SMILES string of the molecule is Cc1ccc(CN2CC(=O)CC2C(=O)O)c(C)c1. The first-order valence-electron chi connectivity index (χ1n) is 6.02. The number of hydrogen-bond donors (Lipinski definition) is 1. The molecule has 0 spiro atoms. The Hall–Kier alpha value is -1.68. The number of aliphatic carboxylic acids is 1. The molecule has 2 rings (SSSR count). The van der Waals surface area contributed by atoms with Crippen LogP contribution in [0.5, 0.6) is 0 Å². The van der Waals surface area contributed by atoms with Gasteiger partial charge in [0.25, 0.3) is 0 Å². The molecule has 96 valence electrons. The highest BCUT2D eigenvalue weighted by atomic mass is 16.4. The molecule has 0 radical (unpaired) electrons. The van der Waals surface area contributed by atoms with Gasteiger partial charge in [-0.25, -0.2) is 0 Å². The molecule has 1 unspecified atom stereocenters. The number of Topliss-reactive ketones (excluding diaryl/α,β-unsaturated/α-hetero) is 1. The van der Waals surface area contributed by atoms with Crippen LogP contribution in [0.3, 0.4) is 0 Å². The van der Waals surface area contributed by atoms with Gasteiger partial charge in [0.1, 0.15) is 11.8 Å². The molecule has 0 aromatic heterocycles. The van der Waals surface area contributed by atoms with E-state index in [4.69, 9.17) is 5.11 Å². The second-order valence-electron chi connectivity index (χ2n) is 4.93. The topological polar surface area (TPSA) is 57.6 Å². The minimum atomic E-state index is -0.911. The fourth-order valence-electron chi connectivity index (χ4n) is 2.40. The number of rotatable bonds is 3. The number of aryl methyl sites for hydroxylation is 2. The van der Waals surface area contributed by atoms with E-state index in [1.54, 1.807) is 4.90 Å². The molecular formula is C14H17NO3. The minimum Gasteiger partial charge on any atom is -0.480 e. The Balaban J connectivity index is 2.17. The van der Waals surface area contributed by atoms with Crippen LogP contribution in [-0.4, -0.2) is 34.3 Å². The van der Waals surface area contributed by atoms with Gasteiger partial charge in [-0.15, -0.1) is 0 Å². The van der Waals surface area contributed by atoms with Crippen molar-refractivity contribution in [2.45, 2.75) is 32.9 Å². The molecule has 0 saturated carbocycles. The molecule has 1 aromatic rings. The highest BCUT2D eigenvalue weighted by Gasteiger charge is 2.35. The van der Waals surface area contributed by atoms with E-state index in [1.165, 1.54) is 5.56 Å². The minimum absolute atomic E-state index is 0.00663. The van der Waals surface area contributed by atoms with E-state index in [0.717, 1.165) is 11.1 Å². The third kappa shape index (κ3) is 2.59. The number of benzene rings is 1. The van der Waals surface area contributed by atoms with Gasteiger partial charge in [-0.1, -0.05) is 23.8 Å². The van der Waals surface area contributed by atoms with Crippen molar-refractivity contribution < 1.29 is 14.7 Å². The van der Waals surface area contributed by atoms with E-state index in [-0.39, 0.29) is 18.7 Å². The van der Waals surface area contributed by atoms with Crippen molar-refractivity contribution in [2.75, 3.05) is 6.54 Å². The van der Waals surface area contributed by atoms with Crippen molar-refractivity contribution in [1.29, 1.82) is 0 Å². The fraction of sp³-hybridized carbons (Fsp3) is 0.429. The summed E-state index contributed by atoms with van der Waals surface area (Å²) in [6.45, 7) is 4.80. The van der Waals surface area contributed by atoms with Crippen LogP contribution >= 0.6 is 0 Å². The molecule has 4 heteroatoms. The maximum atomic E-state index is 11.4. The first-order valence-corrected chi connectivity index (χ1v) is 6.02. The van der Waals surface area contributed by atoms with Crippen molar-refractivity contribution >= 4 is 11.8 Å². The second-order valence-corrected chi connectivity index (χ2v) is 4.93. The maximum absolute atomic E-state index is 11.4. The number of nitrogens with zero attached hydrogens (tertiary/aromatic N) is 1. The van der Waals surface area contributed by atoms with Gasteiger partial charge in [0.05, 0.1) is 6.54 Å². The average Bonchev–Trinajstić information content (AvgIpc) is 2.64. The third-order valence-corrected chi connectivity index (χ3v) is 3.40. The molecule has 0 bridgehead atoms. The lowest BCUT2D eigenvalue weighted by Gasteiger charge is -2.21. The molecule has 0 aliphatic carbocycles. The Kier molecular flexibility index (Phi) is 3.48. The van der Waals surface area contributed by atoms with Gasteiger partial charge in [-0.3, -0.25) is 14.5 Å². The number of ketones is 1. The van der Waals surface area contributed by atoms with Crippen LogP contribution < -0.4 is 0 Å². The normalized spacial score (nSPS) is 20.3. The van der Waals surface area contributed by atoms with Crippen LogP contribution in [0.4, 0.5) is 0 Å². The molecule has 4 nitrogen and oxygen atoms in total. The molecule has 0 amide bonds. The van der Waals surface area contributed by atoms with Crippen molar-refractivity contribution in [1.82, 2.24) is 4.90 Å². The summed E-state index contributed by atoms with van der Waals surface area (Å²) in [4.78, 5) is 24.2. The molecule has 1 atom stereocenters. The van der Waals surface area contributed by atoms with Gasteiger partial charge in [-0.2, -0.15) is 0 Å². The first-order chi connectivity index (χ1) is 8.47. The van der Waals surface area contributed by atoms with E-state index >= 15 is 0 Å². The molecule has 1 N–H and O–H groups in total. The van der Waals surface area contributed by atoms with Gasteiger partial charge in [0, 0.05) is 13.0 Å². The third-order valence-electron chi connectivity index (χ3n) is 3.40. The van der Waals surface area contributed by atoms with Crippen molar-refractivity contribution in [3.63, 3.8) is 0 Å². The number of carbonyl (C=O) groups excluding carboxylic acids is 1. The summed E-state index contributed by atoms with van der Waals surface area (Å²) >= 11 is 0. The summed E-state index contributed by atoms with van der Waals surface area (Å²) in [5.74, 6) is -0.905. The average molecular weight is 247 g/mol. The van der Waals surface area contributed by atoms with Crippen LogP contribution in [0, 0.1) is 13.8 Å². The molecule has 1 aliphatic heterocycles. The summed E-state index contributed by atoms with van der Waals surface area (Å²) in [6, 6.07) is 5.42. The zero-order valence-electron chi connectivity index (χ0n) is 10.6. The van der Waals surface area contributed by atoms with Gasteiger partial charge >= 0.3 is 5.97 Å². The lowest BCUT2D eigenvalue weighted by Crippen LogP contribution is -2.35. The number of likely N-dealkylation sites (tertiary alicyclic amines) is 1. The molecule has 1 heterocycles. The summed E-state index contributed by atoms with van der Waals surface area (Å²) < 4.78 is 0.